The van der Waals surface area contributed by atoms with E-state index in [0.29, 0.717) is 16.7 Å². The maximum Gasteiger partial charge on any atom is 0.476 e. The van der Waals surface area contributed by atoms with Gasteiger partial charge in [0.25, 0.3) is 0 Å². The number of anilines is 1. The zero-order valence-electron chi connectivity index (χ0n) is 17.0. The predicted octanol–water partition coefficient (Wildman–Crippen LogP) is 4.99. The molecule has 2 rings (SSSR count). The number of hydrogen-bond donors (Lipinski definition) is 0. The van der Waals surface area contributed by atoms with Crippen molar-refractivity contribution in [3.8, 4) is 17.8 Å². The van der Waals surface area contributed by atoms with E-state index >= 15 is 0 Å². The van der Waals surface area contributed by atoms with Crippen LogP contribution in [0.1, 0.15) is 16.8 Å². The van der Waals surface area contributed by atoms with E-state index in [0.717, 1.165) is 4.90 Å². The Morgan fingerprint density at radius 3 is 1.97 bits per heavy atom. The van der Waals surface area contributed by atoms with Crippen LogP contribution in [0.5, 0.6) is 0 Å². The molecule has 1 aromatic heterocycles. The summed E-state index contributed by atoms with van der Waals surface area (Å²) in [7, 11) is -4.06. The highest BCUT2D eigenvalue weighted by Gasteiger charge is 2.44. The average molecular weight is 565 g/mol. The molecule has 0 saturated carbocycles. The first-order valence-corrected chi connectivity index (χ1v) is 12.3. The molecular formula is C18H12Cl2F6N4O2S2. The second-order valence-electron chi connectivity index (χ2n) is 6.63. The van der Waals surface area contributed by atoms with Crippen molar-refractivity contribution in [2.75, 3.05) is 30.5 Å². The van der Waals surface area contributed by atoms with Gasteiger partial charge in [0, 0.05) is 36.4 Å². The number of halogens is 8. The highest BCUT2D eigenvalue weighted by Crippen LogP contribution is 2.44. The quantitative estimate of drug-likeness (QED) is 0.461. The monoisotopic (exact) mass is 564 g/mol. The molecule has 0 radical (unpaired) electrons. The number of alkyl halides is 6. The van der Waals surface area contributed by atoms with Crippen LogP contribution in [0.15, 0.2) is 17.0 Å². The molecule has 0 aliphatic carbocycles. The number of nitrogens with zero attached hydrogens (tertiary/aromatic N) is 4. The standard InChI is InChI=1S/C18H12Cl2F6N4O2S2/c1-29(3-4-33(2)31)16-15(34(32)18(24,25)26)10(7-27)13(8-28)30(16)14-11(19)5-9(6-12(14)20)17(21,22)23/h5-6H,3-4H2,1-2H3. The third-order valence-corrected chi connectivity index (χ3v) is 6.87. The lowest BCUT2D eigenvalue weighted by Crippen LogP contribution is -2.28. The van der Waals surface area contributed by atoms with Crippen LogP contribution >= 0.6 is 23.2 Å². The summed E-state index contributed by atoms with van der Waals surface area (Å²) in [5.74, 6) is -0.712. The van der Waals surface area contributed by atoms with E-state index < -0.39 is 76.6 Å². The molecule has 0 N–H and O–H groups in total. The molecular weight excluding hydrogens is 553 g/mol. The molecule has 0 aliphatic heterocycles. The van der Waals surface area contributed by atoms with Gasteiger partial charge in [-0.05, 0) is 12.1 Å². The Balaban J connectivity index is 3.06. The van der Waals surface area contributed by atoms with Crippen LogP contribution in [-0.2, 0) is 27.8 Å². The Labute approximate surface area is 204 Å². The first-order chi connectivity index (χ1) is 15.6. The summed E-state index contributed by atoms with van der Waals surface area (Å²) in [6, 6.07) is 3.81. The molecule has 0 amide bonds. The third-order valence-electron chi connectivity index (χ3n) is 4.36. The van der Waals surface area contributed by atoms with E-state index in [-0.39, 0.29) is 12.3 Å². The second-order valence-corrected chi connectivity index (χ2v) is 10.4. The second kappa shape index (κ2) is 10.2. The fourth-order valence-electron chi connectivity index (χ4n) is 2.92. The minimum absolute atomic E-state index is 0.0853. The number of rotatable bonds is 6. The van der Waals surface area contributed by atoms with Crippen molar-refractivity contribution in [2.24, 2.45) is 0 Å². The summed E-state index contributed by atoms with van der Waals surface area (Å²) in [6.07, 6.45) is -3.56. The average Bonchev–Trinajstić information content (AvgIpc) is 3.03. The van der Waals surface area contributed by atoms with Crippen molar-refractivity contribution < 1.29 is 34.8 Å². The number of aromatic nitrogens is 1. The zero-order chi connectivity index (χ0) is 26.2. The molecule has 0 spiro atoms. The van der Waals surface area contributed by atoms with Gasteiger partial charge in [0.1, 0.15) is 34.1 Å². The summed E-state index contributed by atoms with van der Waals surface area (Å²) in [6.45, 7) is -0.208. The van der Waals surface area contributed by atoms with Crippen LogP contribution in [0.4, 0.5) is 32.2 Å². The molecule has 34 heavy (non-hydrogen) atoms. The van der Waals surface area contributed by atoms with Crippen molar-refractivity contribution in [2.45, 2.75) is 16.6 Å². The molecule has 2 unspecified atom stereocenters. The van der Waals surface area contributed by atoms with Gasteiger partial charge < -0.3 is 4.90 Å². The fraction of sp³-hybridized carbons (Fsp3) is 0.333. The molecule has 1 heterocycles. The van der Waals surface area contributed by atoms with Gasteiger partial charge in [0.05, 0.1) is 21.3 Å². The molecule has 0 bridgehead atoms. The summed E-state index contributed by atoms with van der Waals surface area (Å²) < 4.78 is 104. The van der Waals surface area contributed by atoms with Crippen LogP contribution in [0.2, 0.25) is 10.0 Å². The smallest absolute Gasteiger partial charge is 0.359 e. The summed E-state index contributed by atoms with van der Waals surface area (Å²) in [4.78, 5) is -0.0743. The predicted molar refractivity (Wildman–Crippen MR) is 115 cm³/mol. The van der Waals surface area contributed by atoms with Gasteiger partial charge in [-0.15, -0.1) is 0 Å². The molecule has 6 nitrogen and oxygen atoms in total. The van der Waals surface area contributed by atoms with Crippen LogP contribution < -0.4 is 4.90 Å². The molecule has 2 atom stereocenters. The van der Waals surface area contributed by atoms with Crippen LogP contribution in [0.3, 0.4) is 0 Å². The third kappa shape index (κ3) is 5.51. The van der Waals surface area contributed by atoms with Crippen molar-refractivity contribution in [3.05, 3.63) is 39.0 Å². The van der Waals surface area contributed by atoms with E-state index in [9.17, 15) is 45.3 Å². The van der Waals surface area contributed by atoms with Crippen molar-refractivity contribution >= 4 is 50.6 Å². The van der Waals surface area contributed by atoms with Gasteiger partial charge in [-0.3, -0.25) is 8.78 Å². The molecule has 2 aromatic rings. The molecule has 0 fully saturated rings. The van der Waals surface area contributed by atoms with Crippen LogP contribution in [-0.4, -0.2) is 44.1 Å². The number of hydrogen-bond acceptors (Lipinski definition) is 5. The largest absolute Gasteiger partial charge is 0.476 e. The Morgan fingerprint density at radius 1 is 1.06 bits per heavy atom. The SMILES string of the molecule is CN(CCS(C)=O)c1c(S(=O)C(F)(F)F)c(C#N)c(C#N)n1-c1c(Cl)cc(C(F)(F)F)cc1Cl. The molecule has 0 aliphatic rings. The van der Waals surface area contributed by atoms with E-state index in [1.165, 1.54) is 25.4 Å². The Bertz CT molecular complexity index is 1240. The summed E-state index contributed by atoms with van der Waals surface area (Å²) >= 11 is 12.0. The number of nitriles is 2. The van der Waals surface area contributed by atoms with Crippen LogP contribution in [0, 0.1) is 22.7 Å². The Hall–Kier alpha value is -2.26. The maximum atomic E-state index is 13.5. The minimum atomic E-state index is -5.36. The summed E-state index contributed by atoms with van der Waals surface area (Å²) in [5, 5.41) is 17.8. The topological polar surface area (TPSA) is 89.9 Å². The lowest BCUT2D eigenvalue weighted by atomic mass is 10.2. The van der Waals surface area contributed by atoms with Gasteiger partial charge >= 0.3 is 11.7 Å². The first kappa shape index (κ1) is 28.0. The Kier molecular flexibility index (Phi) is 8.36. The fourth-order valence-corrected chi connectivity index (χ4v) is 5.07. The minimum Gasteiger partial charge on any atom is -0.359 e. The zero-order valence-corrected chi connectivity index (χ0v) is 20.2. The lowest BCUT2D eigenvalue weighted by molar-refractivity contribution is -0.137. The van der Waals surface area contributed by atoms with Gasteiger partial charge in [-0.25, -0.2) is 4.21 Å². The first-order valence-electron chi connectivity index (χ1n) is 8.71. The van der Waals surface area contributed by atoms with Gasteiger partial charge in [0.15, 0.2) is 10.8 Å². The van der Waals surface area contributed by atoms with Crippen molar-refractivity contribution in [3.63, 3.8) is 0 Å². The van der Waals surface area contributed by atoms with Gasteiger partial charge in [-0.2, -0.15) is 36.9 Å². The highest BCUT2D eigenvalue weighted by atomic mass is 35.5. The maximum absolute atomic E-state index is 13.5. The van der Waals surface area contributed by atoms with Crippen molar-refractivity contribution in [1.29, 1.82) is 10.5 Å². The van der Waals surface area contributed by atoms with E-state index in [4.69, 9.17) is 23.2 Å². The van der Waals surface area contributed by atoms with Gasteiger partial charge in [0.2, 0.25) is 0 Å². The van der Waals surface area contributed by atoms with Crippen LogP contribution in [0.25, 0.3) is 5.69 Å². The lowest BCUT2D eigenvalue weighted by Gasteiger charge is -2.24. The molecule has 16 heteroatoms. The van der Waals surface area contributed by atoms with Gasteiger partial charge in [-0.1, -0.05) is 23.2 Å². The normalized spacial score (nSPS) is 13.8. The number of benzene rings is 1. The highest BCUT2D eigenvalue weighted by molar-refractivity contribution is 7.86. The van der Waals surface area contributed by atoms with E-state index in [2.05, 4.69) is 0 Å². The summed E-state index contributed by atoms with van der Waals surface area (Å²) in [5.41, 5.74) is -8.87. The van der Waals surface area contributed by atoms with E-state index in [1.54, 1.807) is 0 Å². The van der Waals surface area contributed by atoms with Crippen molar-refractivity contribution in [1.82, 2.24) is 4.57 Å². The molecule has 184 valence electrons. The van der Waals surface area contributed by atoms with E-state index in [1.807, 2.05) is 0 Å². The Morgan fingerprint density at radius 2 is 1.59 bits per heavy atom. The molecule has 0 saturated heterocycles. The molecule has 1 aromatic carbocycles.